The van der Waals surface area contributed by atoms with Crippen molar-refractivity contribution < 1.29 is 0 Å². The van der Waals surface area contributed by atoms with Crippen LogP contribution in [0.3, 0.4) is 0 Å². The highest BCUT2D eigenvalue weighted by molar-refractivity contribution is 5.99. The van der Waals surface area contributed by atoms with Gasteiger partial charge in [0.05, 0.1) is 11.2 Å². The molecule has 5 aromatic carbocycles. The Labute approximate surface area is 235 Å². The predicted molar refractivity (Wildman–Crippen MR) is 166 cm³/mol. The average Bonchev–Trinajstić information content (AvgIpc) is 3.28. The van der Waals surface area contributed by atoms with Crippen molar-refractivity contribution in [1.29, 1.82) is 0 Å². The molecule has 3 heterocycles. The molecule has 0 spiro atoms. The molecule has 0 aliphatic carbocycles. The second kappa shape index (κ2) is 9.54. The van der Waals surface area contributed by atoms with E-state index in [-0.39, 0.29) is 0 Å². The number of hydrogen-bond acceptors (Lipinski definition) is 6. The molecule has 8 rings (SSSR count). The maximum atomic E-state index is 4.99. The minimum atomic E-state index is 0.595. The summed E-state index contributed by atoms with van der Waals surface area (Å²) in [6, 6.07) is 31.4. The van der Waals surface area contributed by atoms with Gasteiger partial charge < -0.3 is 0 Å². The number of aromatic nitrogens is 5. The molecule has 0 amide bonds. The summed E-state index contributed by atoms with van der Waals surface area (Å²) in [6.07, 6.45) is 10.3. The van der Waals surface area contributed by atoms with E-state index in [2.05, 4.69) is 87.8 Å². The van der Waals surface area contributed by atoms with Crippen LogP contribution in [0.4, 0.5) is 5.69 Å². The Balaban J connectivity index is 1.32. The second-order valence-electron chi connectivity index (χ2n) is 10.1. The Hall–Kier alpha value is -5.62. The second-order valence-corrected chi connectivity index (χ2v) is 10.1. The van der Waals surface area contributed by atoms with Crippen molar-refractivity contribution >= 4 is 50.4 Å². The van der Waals surface area contributed by atoms with E-state index in [0.29, 0.717) is 17.5 Å². The van der Waals surface area contributed by atoms with Gasteiger partial charge in [-0.15, -0.1) is 0 Å². The van der Waals surface area contributed by atoms with E-state index in [1.165, 1.54) is 16.2 Å². The van der Waals surface area contributed by atoms with Gasteiger partial charge in [-0.3, -0.25) is 4.99 Å². The molecule has 6 nitrogen and oxygen atoms in total. The highest BCUT2D eigenvalue weighted by Gasteiger charge is 2.15. The first-order valence-electron chi connectivity index (χ1n) is 13.5. The van der Waals surface area contributed by atoms with Crippen molar-refractivity contribution in [2.24, 2.45) is 4.99 Å². The summed E-state index contributed by atoms with van der Waals surface area (Å²) < 4.78 is 0. The van der Waals surface area contributed by atoms with Crippen molar-refractivity contribution in [2.75, 3.05) is 0 Å². The van der Waals surface area contributed by atoms with Crippen LogP contribution in [0.25, 0.3) is 72.7 Å². The van der Waals surface area contributed by atoms with Crippen LogP contribution in [-0.4, -0.2) is 31.1 Å². The summed E-state index contributed by atoms with van der Waals surface area (Å²) in [6.45, 7) is 0. The van der Waals surface area contributed by atoms with E-state index in [4.69, 9.17) is 15.0 Å². The maximum absolute atomic E-state index is 4.99. The van der Waals surface area contributed by atoms with Crippen molar-refractivity contribution in [3.05, 3.63) is 115 Å². The van der Waals surface area contributed by atoms with E-state index in [1.54, 1.807) is 6.33 Å². The van der Waals surface area contributed by atoms with Crippen LogP contribution in [-0.2, 0) is 0 Å². The molecule has 0 saturated carbocycles. The van der Waals surface area contributed by atoms with Gasteiger partial charge in [-0.2, -0.15) is 0 Å². The molecule has 41 heavy (non-hydrogen) atoms. The lowest BCUT2D eigenvalue weighted by molar-refractivity contribution is 1.07. The number of benzene rings is 5. The van der Waals surface area contributed by atoms with Gasteiger partial charge in [0, 0.05) is 46.5 Å². The lowest BCUT2D eigenvalue weighted by Crippen LogP contribution is -2.00. The number of aliphatic imine (C=N–C) groups is 1. The smallest absolute Gasteiger partial charge is 0.164 e. The number of fused-ring (bicyclic) bond motifs is 4. The fourth-order valence-electron chi connectivity index (χ4n) is 5.32. The standard InChI is InChI=1S/C35H22N6/c1-2-6-23-16-29-18-26(9-8-24(29)15-22(23)5-1)33-39-34(27-10-12-31-25(17-27)7-3-4-14-37-31)41-35(40-33)28-11-13-32-30(19-28)20-36-21-38-32/h1-3,5-21H,4H2. The van der Waals surface area contributed by atoms with E-state index >= 15 is 0 Å². The highest BCUT2D eigenvalue weighted by Crippen LogP contribution is 2.32. The van der Waals surface area contributed by atoms with E-state index in [9.17, 15) is 0 Å². The minimum Gasteiger partial charge on any atom is -0.260 e. The molecule has 0 saturated heterocycles. The van der Waals surface area contributed by atoms with Crippen LogP contribution in [0.15, 0.2) is 115 Å². The van der Waals surface area contributed by atoms with E-state index < -0.39 is 0 Å². The summed E-state index contributed by atoms with van der Waals surface area (Å²) in [7, 11) is 0. The van der Waals surface area contributed by atoms with Gasteiger partial charge in [0.25, 0.3) is 0 Å². The van der Waals surface area contributed by atoms with Crippen LogP contribution in [0.5, 0.6) is 0 Å². The van der Waals surface area contributed by atoms with Crippen LogP contribution in [0, 0.1) is 0 Å². The van der Waals surface area contributed by atoms with Gasteiger partial charge in [0.2, 0.25) is 0 Å². The SMILES string of the molecule is C1=Cc2cc(-c3nc(-c4ccc5cc6ccccc6cc5c4)nc(-c4ccc5ncncc5c4)n3)ccc2N=CC1. The predicted octanol–water partition coefficient (Wildman–Crippen LogP) is 8.24. The van der Waals surface area contributed by atoms with E-state index in [1.807, 2.05) is 42.7 Å². The third kappa shape index (κ3) is 4.32. The van der Waals surface area contributed by atoms with Crippen LogP contribution < -0.4 is 0 Å². The zero-order chi connectivity index (χ0) is 27.2. The van der Waals surface area contributed by atoms with Gasteiger partial charge in [-0.1, -0.05) is 48.6 Å². The average molecular weight is 527 g/mol. The lowest BCUT2D eigenvalue weighted by Gasteiger charge is -2.11. The fourth-order valence-corrected chi connectivity index (χ4v) is 5.32. The fraction of sp³-hybridized carbons (Fsp3) is 0.0286. The number of rotatable bonds is 3. The maximum Gasteiger partial charge on any atom is 0.164 e. The summed E-state index contributed by atoms with van der Waals surface area (Å²) in [5.41, 5.74) is 5.57. The molecule has 1 aliphatic rings. The number of nitrogens with zero attached hydrogens (tertiary/aromatic N) is 6. The molecule has 7 aromatic rings. The van der Waals surface area contributed by atoms with Gasteiger partial charge in [-0.05, 0) is 76.1 Å². The van der Waals surface area contributed by atoms with Crippen LogP contribution in [0.2, 0.25) is 0 Å². The molecule has 0 unspecified atom stereocenters. The molecule has 1 aliphatic heterocycles. The summed E-state index contributed by atoms with van der Waals surface area (Å²) in [4.78, 5) is 28.1. The van der Waals surface area contributed by atoms with Gasteiger partial charge in [0.1, 0.15) is 6.33 Å². The van der Waals surface area contributed by atoms with Crippen LogP contribution in [0.1, 0.15) is 12.0 Å². The Bertz CT molecular complexity index is 2200. The van der Waals surface area contributed by atoms with Crippen molar-refractivity contribution in [1.82, 2.24) is 24.9 Å². The van der Waals surface area contributed by atoms with Crippen molar-refractivity contribution in [3.63, 3.8) is 0 Å². The first-order valence-corrected chi connectivity index (χ1v) is 13.5. The van der Waals surface area contributed by atoms with Gasteiger partial charge in [-0.25, -0.2) is 24.9 Å². The molecule has 2 aromatic heterocycles. The number of allylic oxidation sites excluding steroid dienone is 1. The molecule has 0 radical (unpaired) electrons. The molecule has 0 N–H and O–H groups in total. The Morgan fingerprint density at radius 1 is 0.561 bits per heavy atom. The molecular formula is C35H22N6. The normalized spacial score (nSPS) is 12.6. The zero-order valence-corrected chi connectivity index (χ0v) is 21.9. The molecule has 0 atom stereocenters. The Morgan fingerprint density at radius 2 is 1.22 bits per heavy atom. The summed E-state index contributed by atoms with van der Waals surface area (Å²) >= 11 is 0. The van der Waals surface area contributed by atoms with Gasteiger partial charge in [0.15, 0.2) is 17.5 Å². The summed E-state index contributed by atoms with van der Waals surface area (Å²) in [5.74, 6) is 1.82. The highest BCUT2D eigenvalue weighted by atomic mass is 15.0. The van der Waals surface area contributed by atoms with Gasteiger partial charge >= 0.3 is 0 Å². The Kier molecular flexibility index (Phi) is 5.42. The lowest BCUT2D eigenvalue weighted by atomic mass is 10.0. The monoisotopic (exact) mass is 526 g/mol. The van der Waals surface area contributed by atoms with E-state index in [0.717, 1.165) is 50.7 Å². The summed E-state index contributed by atoms with van der Waals surface area (Å²) in [5, 5.41) is 5.67. The van der Waals surface area contributed by atoms with Crippen molar-refractivity contribution in [2.45, 2.75) is 6.42 Å². The van der Waals surface area contributed by atoms with Crippen LogP contribution >= 0.6 is 0 Å². The minimum absolute atomic E-state index is 0.595. The first kappa shape index (κ1) is 23.3. The molecule has 0 bridgehead atoms. The quantitative estimate of drug-likeness (QED) is 0.217. The number of hydrogen-bond donors (Lipinski definition) is 0. The molecule has 6 heteroatoms. The Morgan fingerprint density at radius 3 is 2.02 bits per heavy atom. The topological polar surface area (TPSA) is 76.8 Å². The van der Waals surface area contributed by atoms with Crippen molar-refractivity contribution in [3.8, 4) is 34.2 Å². The third-order valence-electron chi connectivity index (χ3n) is 7.42. The largest absolute Gasteiger partial charge is 0.260 e. The zero-order valence-electron chi connectivity index (χ0n) is 21.9. The molecular weight excluding hydrogens is 504 g/mol. The first-order chi connectivity index (χ1) is 20.3. The molecule has 0 fully saturated rings. The third-order valence-corrected chi connectivity index (χ3v) is 7.42. The molecule has 192 valence electrons.